The van der Waals surface area contributed by atoms with Gasteiger partial charge in [0.1, 0.15) is 5.75 Å². The van der Waals surface area contributed by atoms with Crippen LogP contribution in [-0.2, 0) is 4.79 Å². The molecule has 2 saturated heterocycles. The van der Waals surface area contributed by atoms with Crippen LogP contribution in [0.3, 0.4) is 0 Å². The van der Waals surface area contributed by atoms with Crippen LogP contribution in [-0.4, -0.2) is 54.5 Å². The van der Waals surface area contributed by atoms with Crippen LogP contribution in [0, 0.1) is 6.92 Å². The Balaban J connectivity index is 1.65. The molecule has 0 aliphatic carbocycles. The molecule has 23 heavy (non-hydrogen) atoms. The Hall–Kier alpha value is -1.55. The van der Waals surface area contributed by atoms with Gasteiger partial charge in [-0.25, -0.2) is 0 Å². The second-order valence-electron chi connectivity index (χ2n) is 7.08. The van der Waals surface area contributed by atoms with E-state index < -0.39 is 0 Å². The van der Waals surface area contributed by atoms with Gasteiger partial charge in [0.05, 0.1) is 0 Å². The third kappa shape index (κ3) is 3.52. The lowest BCUT2D eigenvalue weighted by Crippen LogP contribution is -2.49. The monoisotopic (exact) mass is 316 g/mol. The van der Waals surface area contributed by atoms with E-state index in [1.807, 2.05) is 31.2 Å². The fraction of sp³-hybridized carbons (Fsp3) is 0.632. The van der Waals surface area contributed by atoms with Crippen molar-refractivity contribution in [2.24, 2.45) is 0 Å². The molecular formula is C19H28N2O2. The number of amides is 1. The van der Waals surface area contributed by atoms with E-state index in [1.54, 1.807) is 0 Å². The molecule has 1 atom stereocenters. The molecule has 2 aliphatic rings. The molecule has 1 amide bonds. The highest BCUT2D eigenvalue weighted by atomic mass is 16.5. The van der Waals surface area contributed by atoms with E-state index in [9.17, 15) is 4.79 Å². The second kappa shape index (κ2) is 6.91. The number of carbonyl (C=O) groups is 1. The quantitative estimate of drug-likeness (QED) is 0.859. The van der Waals surface area contributed by atoms with Crippen LogP contribution in [0.25, 0.3) is 0 Å². The van der Waals surface area contributed by atoms with Gasteiger partial charge in [-0.05, 0) is 64.3 Å². The summed E-state index contributed by atoms with van der Waals surface area (Å²) in [7, 11) is 2.18. The zero-order valence-corrected chi connectivity index (χ0v) is 14.4. The molecule has 0 saturated carbocycles. The maximum atomic E-state index is 12.8. The van der Waals surface area contributed by atoms with Crippen LogP contribution in [0.4, 0.5) is 0 Å². The smallest absolute Gasteiger partial charge is 0.260 e. The first-order valence-corrected chi connectivity index (χ1v) is 8.78. The average molecular weight is 316 g/mol. The van der Waals surface area contributed by atoms with Gasteiger partial charge >= 0.3 is 0 Å². The second-order valence-corrected chi connectivity index (χ2v) is 7.08. The molecular weight excluding hydrogens is 288 g/mol. The van der Waals surface area contributed by atoms with E-state index in [0.29, 0.717) is 0 Å². The van der Waals surface area contributed by atoms with Gasteiger partial charge in [-0.1, -0.05) is 18.2 Å². The molecule has 126 valence electrons. The molecule has 4 heteroatoms. The molecule has 0 radical (unpaired) electrons. The molecule has 1 spiro atoms. The zero-order valence-electron chi connectivity index (χ0n) is 14.4. The number of benzene rings is 1. The highest BCUT2D eigenvalue weighted by Crippen LogP contribution is 2.38. The number of likely N-dealkylation sites (tertiary alicyclic amines) is 2. The predicted molar refractivity (Wildman–Crippen MR) is 91.7 cm³/mol. The minimum Gasteiger partial charge on any atom is -0.484 e. The van der Waals surface area contributed by atoms with Crippen LogP contribution < -0.4 is 4.74 Å². The lowest BCUT2D eigenvalue weighted by molar-refractivity contribution is -0.138. The minimum absolute atomic E-state index is 0.0803. The van der Waals surface area contributed by atoms with Crippen molar-refractivity contribution < 1.29 is 9.53 Å². The van der Waals surface area contributed by atoms with Crippen LogP contribution in [0.2, 0.25) is 0 Å². The Kier molecular flexibility index (Phi) is 4.90. The fourth-order valence-electron chi connectivity index (χ4n) is 4.10. The van der Waals surface area contributed by atoms with Crippen molar-refractivity contribution in [2.45, 2.75) is 44.6 Å². The third-order valence-corrected chi connectivity index (χ3v) is 5.48. The molecule has 4 nitrogen and oxygen atoms in total. The number of rotatable bonds is 3. The topological polar surface area (TPSA) is 32.8 Å². The summed E-state index contributed by atoms with van der Waals surface area (Å²) in [6.07, 6.45) is 5.68. The first kappa shape index (κ1) is 16.3. The Morgan fingerprint density at radius 1 is 1.13 bits per heavy atom. The molecule has 2 aliphatic heterocycles. The van der Waals surface area contributed by atoms with Crippen molar-refractivity contribution in [2.75, 3.05) is 33.3 Å². The standard InChI is InChI=1S/C19H28N2O2/c1-16-7-3-4-8-17(16)23-15-18(22)21-13-6-10-19(21)9-5-12-20(2)14-11-19/h3-4,7-8H,5-6,9-15H2,1-2H3. The summed E-state index contributed by atoms with van der Waals surface area (Å²) in [6, 6.07) is 7.88. The van der Waals surface area contributed by atoms with Crippen molar-refractivity contribution in [1.82, 2.24) is 9.80 Å². The van der Waals surface area contributed by atoms with Crippen molar-refractivity contribution >= 4 is 5.91 Å². The van der Waals surface area contributed by atoms with E-state index in [-0.39, 0.29) is 18.1 Å². The van der Waals surface area contributed by atoms with Crippen molar-refractivity contribution in [3.63, 3.8) is 0 Å². The summed E-state index contributed by atoms with van der Waals surface area (Å²) in [5.74, 6) is 0.963. The fourth-order valence-corrected chi connectivity index (χ4v) is 4.10. The Bertz CT molecular complexity index is 560. The number of para-hydroxylation sites is 1. The molecule has 0 N–H and O–H groups in total. The predicted octanol–water partition coefficient (Wildman–Crippen LogP) is 2.85. The summed E-state index contributed by atoms with van der Waals surface area (Å²) in [6.45, 7) is 5.28. The highest BCUT2D eigenvalue weighted by molar-refractivity contribution is 5.79. The number of aryl methyl sites for hydroxylation is 1. The highest BCUT2D eigenvalue weighted by Gasteiger charge is 2.43. The van der Waals surface area contributed by atoms with Crippen LogP contribution in [0.15, 0.2) is 24.3 Å². The number of hydrogen-bond acceptors (Lipinski definition) is 3. The van der Waals surface area contributed by atoms with Gasteiger partial charge in [-0.2, -0.15) is 0 Å². The number of hydrogen-bond donors (Lipinski definition) is 0. The van der Waals surface area contributed by atoms with Crippen molar-refractivity contribution in [3.8, 4) is 5.75 Å². The Morgan fingerprint density at radius 2 is 1.87 bits per heavy atom. The first-order valence-electron chi connectivity index (χ1n) is 8.78. The largest absolute Gasteiger partial charge is 0.484 e. The van der Waals surface area contributed by atoms with E-state index in [2.05, 4.69) is 16.8 Å². The van der Waals surface area contributed by atoms with Gasteiger partial charge in [0.25, 0.3) is 5.91 Å². The van der Waals surface area contributed by atoms with Crippen LogP contribution >= 0.6 is 0 Å². The lowest BCUT2D eigenvalue weighted by atomic mass is 9.87. The van der Waals surface area contributed by atoms with Gasteiger partial charge in [-0.15, -0.1) is 0 Å². The number of nitrogens with zero attached hydrogens (tertiary/aromatic N) is 2. The van der Waals surface area contributed by atoms with Crippen LogP contribution in [0.5, 0.6) is 5.75 Å². The molecule has 1 aromatic rings. The SMILES string of the molecule is Cc1ccccc1OCC(=O)N1CCCC12CCCN(C)CC2. The van der Waals surface area contributed by atoms with Crippen molar-refractivity contribution in [1.29, 1.82) is 0 Å². The summed E-state index contributed by atoms with van der Waals surface area (Å²) >= 11 is 0. The molecule has 0 bridgehead atoms. The summed E-state index contributed by atoms with van der Waals surface area (Å²) < 4.78 is 5.80. The van der Waals surface area contributed by atoms with E-state index in [4.69, 9.17) is 4.74 Å². The average Bonchev–Trinajstić information content (AvgIpc) is 2.86. The summed E-state index contributed by atoms with van der Waals surface area (Å²) in [4.78, 5) is 17.3. The van der Waals surface area contributed by atoms with E-state index in [0.717, 1.165) is 56.6 Å². The Labute approximate surface area is 139 Å². The summed E-state index contributed by atoms with van der Waals surface area (Å²) in [5, 5.41) is 0. The zero-order chi connectivity index (χ0) is 16.3. The minimum atomic E-state index is 0.0803. The van der Waals surface area contributed by atoms with Crippen LogP contribution in [0.1, 0.15) is 37.7 Å². The molecule has 2 heterocycles. The first-order chi connectivity index (χ1) is 11.1. The summed E-state index contributed by atoms with van der Waals surface area (Å²) in [5.41, 5.74) is 1.16. The molecule has 2 fully saturated rings. The maximum Gasteiger partial charge on any atom is 0.260 e. The van der Waals surface area contributed by atoms with Gasteiger partial charge in [0, 0.05) is 18.6 Å². The maximum absolute atomic E-state index is 12.8. The molecule has 0 aromatic heterocycles. The molecule has 1 unspecified atom stereocenters. The Morgan fingerprint density at radius 3 is 2.65 bits per heavy atom. The van der Waals surface area contributed by atoms with Crippen molar-refractivity contribution in [3.05, 3.63) is 29.8 Å². The number of ether oxygens (including phenoxy) is 1. The number of carbonyl (C=O) groups excluding carboxylic acids is 1. The van der Waals surface area contributed by atoms with Gasteiger partial charge in [-0.3, -0.25) is 4.79 Å². The molecule has 1 aromatic carbocycles. The van der Waals surface area contributed by atoms with E-state index >= 15 is 0 Å². The van der Waals surface area contributed by atoms with Gasteiger partial charge in [0.2, 0.25) is 0 Å². The lowest BCUT2D eigenvalue weighted by Gasteiger charge is -2.38. The van der Waals surface area contributed by atoms with Gasteiger partial charge < -0.3 is 14.5 Å². The third-order valence-electron chi connectivity index (χ3n) is 5.48. The normalized spacial score (nSPS) is 25.6. The van der Waals surface area contributed by atoms with E-state index in [1.165, 1.54) is 6.42 Å². The molecule has 3 rings (SSSR count). The van der Waals surface area contributed by atoms with Gasteiger partial charge in [0.15, 0.2) is 6.61 Å².